The highest BCUT2D eigenvalue weighted by atomic mass is 19.1. The maximum absolute atomic E-state index is 13.2. The molecule has 0 aliphatic heterocycles. The number of Topliss-reactive ketones (excluding diaryl/α,β-unsaturated/α-hetero) is 1. The summed E-state index contributed by atoms with van der Waals surface area (Å²) in [5, 5.41) is 2.55. The predicted molar refractivity (Wildman–Crippen MR) is 89.3 cm³/mol. The molecule has 2 atom stereocenters. The van der Waals surface area contributed by atoms with Gasteiger partial charge in [0.05, 0.1) is 5.92 Å². The van der Waals surface area contributed by atoms with Crippen molar-refractivity contribution in [3.63, 3.8) is 0 Å². The zero-order valence-electron chi connectivity index (χ0n) is 14.2. The van der Waals surface area contributed by atoms with E-state index in [2.05, 4.69) is 5.32 Å². The second-order valence-electron chi connectivity index (χ2n) is 7.01. The van der Waals surface area contributed by atoms with Crippen molar-refractivity contribution in [2.24, 2.45) is 17.8 Å². The van der Waals surface area contributed by atoms with Crippen LogP contribution in [0.5, 0.6) is 0 Å². The van der Waals surface area contributed by atoms with Gasteiger partial charge in [0.2, 0.25) is 0 Å². The molecular formula is C19H22FNO4. The number of hydrogen-bond donors (Lipinski definition) is 1. The molecule has 1 aromatic carbocycles. The van der Waals surface area contributed by atoms with Crippen molar-refractivity contribution >= 4 is 23.3 Å². The van der Waals surface area contributed by atoms with Gasteiger partial charge in [-0.2, -0.15) is 0 Å². The van der Waals surface area contributed by atoms with Crippen LogP contribution >= 0.6 is 0 Å². The number of ether oxygens (including phenoxy) is 1. The van der Waals surface area contributed by atoms with Crippen molar-refractivity contribution in [2.45, 2.75) is 39.0 Å². The molecule has 2 saturated carbocycles. The summed E-state index contributed by atoms with van der Waals surface area (Å²) in [6.07, 6.45) is 3.78. The lowest BCUT2D eigenvalue weighted by Crippen LogP contribution is -2.40. The van der Waals surface area contributed by atoms with Gasteiger partial charge in [-0.25, -0.2) is 4.39 Å². The largest absolute Gasteiger partial charge is 0.455 e. The van der Waals surface area contributed by atoms with Gasteiger partial charge in [0.15, 0.2) is 6.61 Å². The third kappa shape index (κ3) is 4.06. The van der Waals surface area contributed by atoms with E-state index in [9.17, 15) is 18.8 Å². The fraction of sp³-hybridized carbons (Fsp3) is 0.526. The first kappa shape index (κ1) is 17.6. The normalized spacial score (nSPS) is 25.4. The highest BCUT2D eigenvalue weighted by Crippen LogP contribution is 2.40. The minimum absolute atomic E-state index is 0.0335. The fourth-order valence-corrected chi connectivity index (χ4v) is 3.84. The molecule has 25 heavy (non-hydrogen) atoms. The van der Waals surface area contributed by atoms with Gasteiger partial charge in [-0.05, 0) is 50.3 Å². The number of benzene rings is 1. The van der Waals surface area contributed by atoms with Gasteiger partial charge in [0.1, 0.15) is 11.6 Å². The fourth-order valence-electron chi connectivity index (χ4n) is 3.84. The van der Waals surface area contributed by atoms with Gasteiger partial charge < -0.3 is 10.1 Å². The molecule has 1 aromatic rings. The first-order chi connectivity index (χ1) is 11.9. The Balaban J connectivity index is 1.51. The Hall–Kier alpha value is -2.24. The number of amides is 1. The first-order valence-corrected chi connectivity index (χ1v) is 8.70. The molecule has 2 aliphatic rings. The van der Waals surface area contributed by atoms with Crippen molar-refractivity contribution < 1.29 is 23.5 Å². The molecule has 134 valence electrons. The number of rotatable bonds is 4. The molecule has 3 rings (SSSR count). The average molecular weight is 347 g/mol. The maximum Gasteiger partial charge on any atom is 0.309 e. The van der Waals surface area contributed by atoms with Crippen LogP contribution in [0.2, 0.25) is 0 Å². The number of aryl methyl sites for hydroxylation is 1. The summed E-state index contributed by atoms with van der Waals surface area (Å²) < 4.78 is 18.4. The number of nitrogens with one attached hydrogen (secondary N) is 1. The van der Waals surface area contributed by atoms with Gasteiger partial charge in [-0.3, -0.25) is 14.4 Å². The summed E-state index contributed by atoms with van der Waals surface area (Å²) in [6, 6.07) is 4.10. The average Bonchev–Trinajstić information content (AvgIpc) is 2.56. The van der Waals surface area contributed by atoms with Crippen LogP contribution in [0.3, 0.4) is 0 Å². The van der Waals surface area contributed by atoms with Crippen LogP contribution in [0.1, 0.15) is 37.7 Å². The van der Waals surface area contributed by atoms with Gasteiger partial charge >= 0.3 is 5.97 Å². The number of anilines is 1. The standard InChI is InChI=1S/C19H22FNO4/c1-11-5-6-15(20)9-16(11)21-17(22)10-25-19(24)14-7-12-3-2-4-13(8-14)18(12)23/h5-6,9,12-14H,2-4,7-8,10H2,1H3,(H,21,22). The van der Waals surface area contributed by atoms with E-state index in [-0.39, 0.29) is 23.5 Å². The highest BCUT2D eigenvalue weighted by Gasteiger charge is 2.41. The summed E-state index contributed by atoms with van der Waals surface area (Å²) in [5.74, 6) is -1.46. The van der Waals surface area contributed by atoms with Crippen molar-refractivity contribution in [1.82, 2.24) is 0 Å². The third-order valence-corrected chi connectivity index (χ3v) is 5.20. The highest BCUT2D eigenvalue weighted by molar-refractivity contribution is 5.94. The van der Waals surface area contributed by atoms with Crippen LogP contribution in [0, 0.1) is 30.5 Å². The summed E-state index contributed by atoms with van der Waals surface area (Å²) in [7, 11) is 0. The molecule has 0 spiro atoms. The SMILES string of the molecule is Cc1ccc(F)cc1NC(=O)COC(=O)C1CC2CCCC(C1)C2=O. The van der Waals surface area contributed by atoms with Crippen LogP contribution in [0.4, 0.5) is 10.1 Å². The molecule has 2 unspecified atom stereocenters. The van der Waals surface area contributed by atoms with E-state index in [1.54, 1.807) is 13.0 Å². The van der Waals surface area contributed by atoms with Crippen LogP contribution in [0.15, 0.2) is 18.2 Å². The zero-order valence-corrected chi connectivity index (χ0v) is 14.2. The maximum atomic E-state index is 13.2. The Bertz CT molecular complexity index is 687. The van der Waals surface area contributed by atoms with Crippen molar-refractivity contribution in [1.29, 1.82) is 0 Å². The van der Waals surface area contributed by atoms with Crippen molar-refractivity contribution in [3.05, 3.63) is 29.6 Å². The summed E-state index contributed by atoms with van der Waals surface area (Å²) in [4.78, 5) is 36.2. The van der Waals surface area contributed by atoms with Gasteiger partial charge in [-0.15, -0.1) is 0 Å². The molecule has 0 saturated heterocycles. The number of fused-ring (bicyclic) bond motifs is 2. The van der Waals surface area contributed by atoms with Gasteiger partial charge in [0, 0.05) is 17.5 Å². The lowest BCUT2D eigenvalue weighted by atomic mass is 9.67. The first-order valence-electron chi connectivity index (χ1n) is 8.70. The molecule has 5 nitrogen and oxygen atoms in total. The van der Waals surface area contributed by atoms with Crippen LogP contribution in [-0.2, 0) is 19.1 Å². The summed E-state index contributed by atoms with van der Waals surface area (Å²) in [6.45, 7) is 1.34. The second-order valence-corrected chi connectivity index (χ2v) is 7.01. The number of carbonyl (C=O) groups excluding carboxylic acids is 3. The minimum Gasteiger partial charge on any atom is -0.455 e. The number of esters is 1. The number of carbonyl (C=O) groups is 3. The lowest BCUT2D eigenvalue weighted by molar-refractivity contribution is -0.155. The minimum atomic E-state index is -0.505. The van der Waals surface area contributed by atoms with Crippen molar-refractivity contribution in [2.75, 3.05) is 11.9 Å². The van der Waals surface area contributed by atoms with Gasteiger partial charge in [-0.1, -0.05) is 12.5 Å². The van der Waals surface area contributed by atoms with E-state index in [4.69, 9.17) is 4.74 Å². The quantitative estimate of drug-likeness (QED) is 0.850. The van der Waals surface area contributed by atoms with Crippen LogP contribution in [-0.4, -0.2) is 24.3 Å². The molecular weight excluding hydrogens is 325 g/mol. The Labute approximate surface area is 145 Å². The summed E-state index contributed by atoms with van der Waals surface area (Å²) in [5.41, 5.74) is 1.08. The van der Waals surface area contributed by atoms with E-state index in [0.717, 1.165) is 24.8 Å². The van der Waals surface area contributed by atoms with Crippen LogP contribution in [0.25, 0.3) is 0 Å². The van der Waals surface area contributed by atoms with E-state index >= 15 is 0 Å². The van der Waals surface area contributed by atoms with E-state index in [1.807, 2.05) is 0 Å². The van der Waals surface area contributed by atoms with E-state index in [0.29, 0.717) is 18.5 Å². The molecule has 1 amide bonds. The van der Waals surface area contributed by atoms with Crippen molar-refractivity contribution in [3.8, 4) is 0 Å². The van der Waals surface area contributed by atoms with E-state index < -0.39 is 24.3 Å². The molecule has 1 N–H and O–H groups in total. The molecule has 2 bridgehead atoms. The molecule has 0 aromatic heterocycles. The Morgan fingerprint density at radius 1 is 1.24 bits per heavy atom. The monoisotopic (exact) mass is 347 g/mol. The third-order valence-electron chi connectivity index (χ3n) is 5.20. The lowest BCUT2D eigenvalue weighted by Gasteiger charge is -2.36. The van der Waals surface area contributed by atoms with E-state index in [1.165, 1.54) is 12.1 Å². The molecule has 0 heterocycles. The van der Waals surface area contributed by atoms with Crippen LogP contribution < -0.4 is 5.32 Å². The topological polar surface area (TPSA) is 72.5 Å². The Morgan fingerprint density at radius 2 is 1.92 bits per heavy atom. The molecule has 2 fully saturated rings. The molecule has 2 aliphatic carbocycles. The molecule has 0 radical (unpaired) electrons. The molecule has 6 heteroatoms. The number of halogens is 1. The number of ketones is 1. The van der Waals surface area contributed by atoms with Gasteiger partial charge in [0.25, 0.3) is 5.91 Å². The summed E-state index contributed by atoms with van der Waals surface area (Å²) >= 11 is 0. The smallest absolute Gasteiger partial charge is 0.309 e. The number of hydrogen-bond acceptors (Lipinski definition) is 4. The zero-order chi connectivity index (χ0) is 18.0. The predicted octanol–water partition coefficient (Wildman–Crippen LogP) is 3.01. The Kier molecular flexibility index (Phi) is 5.16. The second kappa shape index (κ2) is 7.33. The Morgan fingerprint density at radius 3 is 2.60 bits per heavy atom.